The standard InChI is InChI=1S/C13H14ClNO4/c1-19-13(5-2-6-13)12(18)15-8-3-4-9(11(16)17)10(14)7-8/h3-4,7H,2,5-6H2,1H3,(H,15,18)(H,16,17). The van der Waals surface area contributed by atoms with Gasteiger partial charge in [0.05, 0.1) is 10.6 Å². The molecule has 5 nitrogen and oxygen atoms in total. The fourth-order valence-electron chi connectivity index (χ4n) is 2.03. The van der Waals surface area contributed by atoms with Crippen molar-refractivity contribution in [1.82, 2.24) is 0 Å². The zero-order valence-electron chi connectivity index (χ0n) is 10.4. The lowest BCUT2D eigenvalue weighted by molar-refractivity contribution is -0.148. The molecule has 1 aliphatic carbocycles. The number of amides is 1. The second-order valence-electron chi connectivity index (χ2n) is 4.51. The summed E-state index contributed by atoms with van der Waals surface area (Å²) in [6.45, 7) is 0. The molecule has 1 aliphatic rings. The average molecular weight is 284 g/mol. The van der Waals surface area contributed by atoms with Crippen LogP contribution in [0.15, 0.2) is 18.2 Å². The van der Waals surface area contributed by atoms with Crippen molar-refractivity contribution >= 4 is 29.2 Å². The molecule has 1 aromatic carbocycles. The van der Waals surface area contributed by atoms with Gasteiger partial charge in [0.1, 0.15) is 5.60 Å². The van der Waals surface area contributed by atoms with E-state index in [0.29, 0.717) is 18.5 Å². The Hall–Kier alpha value is -1.59. The Kier molecular flexibility index (Phi) is 3.78. The van der Waals surface area contributed by atoms with E-state index in [1.165, 1.54) is 25.3 Å². The molecule has 0 atom stereocenters. The summed E-state index contributed by atoms with van der Waals surface area (Å²) in [5.41, 5.74) is -0.286. The number of carboxylic acid groups (broad SMARTS) is 1. The van der Waals surface area contributed by atoms with Crippen LogP contribution in [0.4, 0.5) is 5.69 Å². The summed E-state index contributed by atoms with van der Waals surface area (Å²) < 4.78 is 5.26. The summed E-state index contributed by atoms with van der Waals surface area (Å²) in [6, 6.07) is 4.29. The summed E-state index contributed by atoms with van der Waals surface area (Å²) in [6.07, 6.45) is 2.34. The highest BCUT2D eigenvalue weighted by atomic mass is 35.5. The molecule has 0 bridgehead atoms. The van der Waals surface area contributed by atoms with Gasteiger partial charge in [-0.3, -0.25) is 4.79 Å². The zero-order valence-corrected chi connectivity index (χ0v) is 11.2. The van der Waals surface area contributed by atoms with Crippen LogP contribution in [0.2, 0.25) is 5.02 Å². The van der Waals surface area contributed by atoms with Gasteiger partial charge < -0.3 is 15.2 Å². The van der Waals surface area contributed by atoms with Crippen LogP contribution < -0.4 is 5.32 Å². The van der Waals surface area contributed by atoms with Crippen molar-refractivity contribution in [3.05, 3.63) is 28.8 Å². The lowest BCUT2D eigenvalue weighted by Crippen LogP contribution is -2.50. The Labute approximate surface area is 115 Å². The van der Waals surface area contributed by atoms with Gasteiger partial charge in [-0.15, -0.1) is 0 Å². The van der Waals surface area contributed by atoms with Crippen LogP contribution in [0, 0.1) is 0 Å². The third kappa shape index (κ3) is 2.57. The maximum absolute atomic E-state index is 12.1. The Balaban J connectivity index is 2.14. The van der Waals surface area contributed by atoms with Crippen LogP contribution in [0.1, 0.15) is 29.6 Å². The largest absolute Gasteiger partial charge is 0.478 e. The molecule has 6 heteroatoms. The highest BCUT2D eigenvalue weighted by Gasteiger charge is 2.44. The molecule has 2 rings (SSSR count). The van der Waals surface area contributed by atoms with E-state index in [9.17, 15) is 9.59 Å². The van der Waals surface area contributed by atoms with Crippen LogP contribution in [0.3, 0.4) is 0 Å². The molecule has 0 radical (unpaired) electrons. The third-order valence-electron chi connectivity index (χ3n) is 3.42. The number of carboxylic acids is 1. The summed E-state index contributed by atoms with van der Waals surface area (Å²) in [5.74, 6) is -1.32. The summed E-state index contributed by atoms with van der Waals surface area (Å²) in [7, 11) is 1.51. The molecule has 0 aromatic heterocycles. The number of hydrogen-bond donors (Lipinski definition) is 2. The first-order chi connectivity index (χ1) is 8.98. The average Bonchev–Trinajstić information content (AvgIpc) is 2.27. The van der Waals surface area contributed by atoms with Gasteiger partial charge in [-0.05, 0) is 37.5 Å². The van der Waals surface area contributed by atoms with Crippen LogP contribution in [0.25, 0.3) is 0 Å². The van der Waals surface area contributed by atoms with Crippen molar-refractivity contribution < 1.29 is 19.4 Å². The zero-order chi connectivity index (χ0) is 14.0. The first-order valence-electron chi connectivity index (χ1n) is 5.88. The molecule has 19 heavy (non-hydrogen) atoms. The number of carbonyl (C=O) groups is 2. The number of aromatic carboxylic acids is 1. The van der Waals surface area contributed by atoms with E-state index in [2.05, 4.69) is 5.32 Å². The smallest absolute Gasteiger partial charge is 0.337 e. The molecule has 1 fully saturated rings. The van der Waals surface area contributed by atoms with E-state index < -0.39 is 11.6 Å². The molecular formula is C13H14ClNO4. The lowest BCUT2D eigenvalue weighted by Gasteiger charge is -2.38. The molecule has 1 aromatic rings. The Bertz CT molecular complexity index is 520. The Morgan fingerprint density at radius 2 is 2.11 bits per heavy atom. The van der Waals surface area contributed by atoms with Gasteiger partial charge >= 0.3 is 5.97 Å². The van der Waals surface area contributed by atoms with Crippen molar-refractivity contribution in [2.24, 2.45) is 0 Å². The number of carbonyl (C=O) groups excluding carboxylic acids is 1. The third-order valence-corrected chi connectivity index (χ3v) is 3.74. The number of benzene rings is 1. The topological polar surface area (TPSA) is 75.6 Å². The van der Waals surface area contributed by atoms with Crippen molar-refractivity contribution in [3.63, 3.8) is 0 Å². The van der Waals surface area contributed by atoms with Crippen molar-refractivity contribution in [2.75, 3.05) is 12.4 Å². The number of halogens is 1. The molecule has 0 saturated heterocycles. The van der Waals surface area contributed by atoms with E-state index in [1.807, 2.05) is 0 Å². The predicted molar refractivity (Wildman–Crippen MR) is 70.6 cm³/mol. The number of anilines is 1. The highest BCUT2D eigenvalue weighted by molar-refractivity contribution is 6.33. The highest BCUT2D eigenvalue weighted by Crippen LogP contribution is 2.36. The van der Waals surface area contributed by atoms with Crippen molar-refractivity contribution in [3.8, 4) is 0 Å². The number of ether oxygens (including phenoxy) is 1. The second kappa shape index (κ2) is 5.19. The van der Waals surface area contributed by atoms with E-state index >= 15 is 0 Å². The molecular weight excluding hydrogens is 270 g/mol. The minimum absolute atomic E-state index is 0.00441. The molecule has 1 saturated carbocycles. The second-order valence-corrected chi connectivity index (χ2v) is 4.91. The van der Waals surface area contributed by atoms with Crippen molar-refractivity contribution in [2.45, 2.75) is 24.9 Å². The molecule has 0 aliphatic heterocycles. The summed E-state index contributed by atoms with van der Waals surface area (Å²) in [4.78, 5) is 22.9. The van der Waals surface area contributed by atoms with Gasteiger partial charge in [0, 0.05) is 12.8 Å². The molecule has 0 unspecified atom stereocenters. The Morgan fingerprint density at radius 3 is 2.53 bits per heavy atom. The molecule has 0 spiro atoms. The summed E-state index contributed by atoms with van der Waals surface area (Å²) >= 11 is 5.84. The van der Waals surface area contributed by atoms with E-state index in [4.69, 9.17) is 21.4 Å². The van der Waals surface area contributed by atoms with Crippen LogP contribution in [-0.4, -0.2) is 29.7 Å². The molecule has 2 N–H and O–H groups in total. The number of rotatable bonds is 4. The quantitative estimate of drug-likeness (QED) is 0.890. The first-order valence-corrected chi connectivity index (χ1v) is 6.26. The lowest BCUT2D eigenvalue weighted by atomic mass is 9.79. The normalized spacial score (nSPS) is 16.5. The Morgan fingerprint density at radius 1 is 1.42 bits per heavy atom. The molecule has 1 amide bonds. The van der Waals surface area contributed by atoms with E-state index in [0.717, 1.165) is 6.42 Å². The van der Waals surface area contributed by atoms with Crippen LogP contribution >= 0.6 is 11.6 Å². The number of methoxy groups -OCH3 is 1. The minimum atomic E-state index is -1.10. The van der Waals surface area contributed by atoms with Gasteiger partial charge in [0.25, 0.3) is 5.91 Å². The van der Waals surface area contributed by atoms with E-state index in [-0.39, 0.29) is 16.5 Å². The van der Waals surface area contributed by atoms with E-state index in [1.54, 1.807) is 0 Å². The molecule has 102 valence electrons. The van der Waals surface area contributed by atoms with Gasteiger partial charge in [0.15, 0.2) is 0 Å². The number of nitrogens with one attached hydrogen (secondary N) is 1. The minimum Gasteiger partial charge on any atom is -0.478 e. The fourth-order valence-corrected chi connectivity index (χ4v) is 2.29. The van der Waals surface area contributed by atoms with Gasteiger partial charge in [-0.2, -0.15) is 0 Å². The maximum Gasteiger partial charge on any atom is 0.337 e. The van der Waals surface area contributed by atoms with Crippen molar-refractivity contribution in [1.29, 1.82) is 0 Å². The number of hydrogen-bond acceptors (Lipinski definition) is 3. The van der Waals surface area contributed by atoms with Crippen LogP contribution in [-0.2, 0) is 9.53 Å². The van der Waals surface area contributed by atoms with Gasteiger partial charge in [0.2, 0.25) is 0 Å². The SMILES string of the molecule is COC1(C(=O)Nc2ccc(C(=O)O)c(Cl)c2)CCC1. The maximum atomic E-state index is 12.1. The van der Waals surface area contributed by atoms with Gasteiger partial charge in [-0.1, -0.05) is 11.6 Å². The fraction of sp³-hybridized carbons (Fsp3) is 0.385. The predicted octanol–water partition coefficient (Wildman–Crippen LogP) is 2.55. The van der Waals surface area contributed by atoms with Gasteiger partial charge in [-0.25, -0.2) is 4.79 Å². The summed E-state index contributed by atoms with van der Waals surface area (Å²) in [5, 5.41) is 11.7. The monoisotopic (exact) mass is 283 g/mol. The first kappa shape index (κ1) is 13.8. The molecule has 0 heterocycles. The van der Waals surface area contributed by atoms with Crippen LogP contribution in [0.5, 0.6) is 0 Å².